The van der Waals surface area contributed by atoms with Crippen molar-refractivity contribution in [1.82, 2.24) is 0 Å². The van der Waals surface area contributed by atoms with E-state index in [1.807, 2.05) is 6.92 Å². The average molecular weight is 340 g/mol. The van der Waals surface area contributed by atoms with Crippen molar-refractivity contribution in [2.75, 3.05) is 0 Å². The molecule has 0 N–H and O–H groups in total. The zero-order valence-corrected chi connectivity index (χ0v) is 14.5. The summed E-state index contributed by atoms with van der Waals surface area (Å²) in [6.45, 7) is 4.17. The molecule has 0 aromatic carbocycles. The second-order valence-electron chi connectivity index (χ2n) is 9.24. The van der Waals surface area contributed by atoms with Crippen molar-refractivity contribution in [3.8, 4) is 0 Å². The van der Waals surface area contributed by atoms with Gasteiger partial charge in [0, 0.05) is 6.42 Å². The van der Waals surface area contributed by atoms with Crippen LogP contribution in [0.25, 0.3) is 0 Å². The van der Waals surface area contributed by atoms with Gasteiger partial charge in [-0.1, -0.05) is 19.9 Å². The molecule has 4 rings (SSSR count). The Morgan fingerprint density at radius 1 is 1.04 bits per heavy atom. The minimum atomic E-state index is -4.06. The van der Waals surface area contributed by atoms with Crippen molar-refractivity contribution >= 4 is 5.78 Å². The number of ketones is 1. The minimum Gasteiger partial charge on any atom is -0.295 e. The molecule has 0 radical (unpaired) electrons. The fraction of sp³-hybridized carbons (Fsp3) is 0.850. The monoisotopic (exact) mass is 340 g/mol. The number of allylic oxidation sites excluding steroid dienone is 2. The number of halogens is 3. The van der Waals surface area contributed by atoms with Crippen molar-refractivity contribution in [1.29, 1.82) is 0 Å². The molecule has 0 amide bonds. The van der Waals surface area contributed by atoms with Gasteiger partial charge in [-0.25, -0.2) is 0 Å². The summed E-state index contributed by atoms with van der Waals surface area (Å²) in [5.74, 6) is 0.535. The van der Waals surface area contributed by atoms with Gasteiger partial charge in [-0.15, -0.1) is 0 Å². The minimum absolute atomic E-state index is 0.00841. The molecule has 3 saturated carbocycles. The van der Waals surface area contributed by atoms with E-state index in [2.05, 4.69) is 13.0 Å². The summed E-state index contributed by atoms with van der Waals surface area (Å²) in [5, 5.41) is 0. The first-order valence-corrected chi connectivity index (χ1v) is 9.45. The Balaban J connectivity index is 1.66. The summed E-state index contributed by atoms with van der Waals surface area (Å²) in [5.41, 5.74) is -0.564. The number of rotatable bonds is 0. The molecule has 0 heterocycles. The van der Waals surface area contributed by atoms with Crippen LogP contribution in [0.15, 0.2) is 12.2 Å². The van der Waals surface area contributed by atoms with Gasteiger partial charge in [-0.3, -0.25) is 4.79 Å². The lowest BCUT2D eigenvalue weighted by Gasteiger charge is -2.59. The number of fused-ring (bicyclic) bond motifs is 5. The maximum absolute atomic E-state index is 13.5. The van der Waals surface area contributed by atoms with Crippen molar-refractivity contribution in [2.45, 2.75) is 65.0 Å². The number of carbonyl (C=O) groups excluding carboxylic acids is 1. The van der Waals surface area contributed by atoms with Gasteiger partial charge in [0.15, 0.2) is 5.78 Å². The van der Waals surface area contributed by atoms with Crippen LogP contribution in [0.1, 0.15) is 58.8 Å². The molecule has 0 spiro atoms. The van der Waals surface area contributed by atoms with E-state index >= 15 is 0 Å². The van der Waals surface area contributed by atoms with Crippen molar-refractivity contribution < 1.29 is 18.0 Å². The van der Waals surface area contributed by atoms with Crippen LogP contribution in [0.2, 0.25) is 0 Å². The summed E-state index contributed by atoms with van der Waals surface area (Å²) in [7, 11) is 0. The molecule has 0 aliphatic heterocycles. The van der Waals surface area contributed by atoms with Crippen LogP contribution in [0, 0.1) is 40.4 Å². The lowest BCUT2D eigenvalue weighted by molar-refractivity contribution is -0.213. The highest BCUT2D eigenvalue weighted by molar-refractivity contribution is 5.91. The van der Waals surface area contributed by atoms with Crippen LogP contribution in [-0.4, -0.2) is 12.0 Å². The number of hydrogen-bond acceptors (Lipinski definition) is 1. The van der Waals surface area contributed by atoms with E-state index in [0.29, 0.717) is 37.0 Å². The molecule has 0 bridgehead atoms. The average Bonchev–Trinajstić information content (AvgIpc) is 2.85. The SMILES string of the molecule is C[C@]12C=CC(=O)CC1CC[C@@H]1[C@H]2CC[C@]2(C)C(C(F)(F)F)CC[C@@H]12. The Kier molecular flexibility index (Phi) is 3.54. The highest BCUT2D eigenvalue weighted by Crippen LogP contribution is 2.68. The first-order valence-electron chi connectivity index (χ1n) is 9.45. The highest BCUT2D eigenvalue weighted by atomic mass is 19.4. The lowest BCUT2D eigenvalue weighted by atomic mass is 9.46. The van der Waals surface area contributed by atoms with Crippen molar-refractivity contribution in [2.24, 2.45) is 40.4 Å². The summed E-state index contributed by atoms with van der Waals surface area (Å²) < 4.78 is 40.6. The third kappa shape index (κ3) is 2.17. The van der Waals surface area contributed by atoms with Gasteiger partial charge in [-0.2, -0.15) is 13.2 Å². The van der Waals surface area contributed by atoms with Gasteiger partial charge >= 0.3 is 6.18 Å². The molecule has 0 saturated heterocycles. The Labute approximate surface area is 142 Å². The molecular formula is C20H27F3O. The zero-order valence-electron chi connectivity index (χ0n) is 14.5. The molecule has 4 aliphatic rings. The molecule has 0 aromatic rings. The van der Waals surface area contributed by atoms with Gasteiger partial charge in [0.25, 0.3) is 0 Å². The van der Waals surface area contributed by atoms with Crippen molar-refractivity contribution in [3.63, 3.8) is 0 Å². The first-order chi connectivity index (χ1) is 11.2. The Morgan fingerprint density at radius 2 is 1.79 bits per heavy atom. The van der Waals surface area contributed by atoms with Crippen LogP contribution >= 0.6 is 0 Å². The van der Waals surface area contributed by atoms with Crippen molar-refractivity contribution in [3.05, 3.63) is 12.2 Å². The molecule has 2 unspecified atom stereocenters. The second kappa shape index (κ2) is 5.11. The predicted molar refractivity (Wildman–Crippen MR) is 86.2 cm³/mol. The van der Waals surface area contributed by atoms with E-state index in [9.17, 15) is 18.0 Å². The molecular weight excluding hydrogens is 313 g/mol. The summed E-state index contributed by atoms with van der Waals surface area (Å²) in [6, 6.07) is 0. The van der Waals surface area contributed by atoms with Crippen LogP contribution < -0.4 is 0 Å². The zero-order chi connectivity index (χ0) is 17.3. The summed E-state index contributed by atoms with van der Waals surface area (Å²) in [4.78, 5) is 11.8. The number of alkyl halides is 3. The molecule has 4 aliphatic carbocycles. The number of carbonyl (C=O) groups is 1. The topological polar surface area (TPSA) is 17.1 Å². The number of hydrogen-bond donors (Lipinski definition) is 0. The van der Waals surface area contributed by atoms with E-state index in [1.165, 1.54) is 0 Å². The predicted octanol–water partition coefficient (Wildman–Crippen LogP) is 5.55. The lowest BCUT2D eigenvalue weighted by Crippen LogP contribution is -2.53. The molecule has 3 fully saturated rings. The van der Waals surface area contributed by atoms with Gasteiger partial charge in [0.05, 0.1) is 5.92 Å². The Hall–Kier alpha value is -0.800. The molecule has 24 heavy (non-hydrogen) atoms. The maximum atomic E-state index is 13.5. The van der Waals surface area contributed by atoms with Crippen LogP contribution in [-0.2, 0) is 4.79 Å². The van der Waals surface area contributed by atoms with Crippen LogP contribution in [0.3, 0.4) is 0 Å². The normalized spacial score (nSPS) is 51.0. The highest BCUT2D eigenvalue weighted by Gasteiger charge is 2.64. The molecule has 134 valence electrons. The second-order valence-corrected chi connectivity index (χ2v) is 9.24. The van der Waals surface area contributed by atoms with Gasteiger partial charge in [0.1, 0.15) is 0 Å². The largest absolute Gasteiger partial charge is 0.392 e. The van der Waals surface area contributed by atoms with Gasteiger partial charge < -0.3 is 0 Å². The van der Waals surface area contributed by atoms with E-state index in [0.717, 1.165) is 25.7 Å². The quantitative estimate of drug-likeness (QED) is 0.565. The van der Waals surface area contributed by atoms with E-state index < -0.39 is 17.5 Å². The van der Waals surface area contributed by atoms with Crippen LogP contribution in [0.4, 0.5) is 13.2 Å². The fourth-order valence-electron chi connectivity index (χ4n) is 7.17. The first kappa shape index (κ1) is 16.7. The van der Waals surface area contributed by atoms with Gasteiger partial charge in [-0.05, 0) is 79.1 Å². The standard InChI is InChI=1S/C20H27F3O/c1-18-9-7-13(24)11-12(18)3-4-14-15-5-6-17(20(21,22)23)19(15,2)10-8-16(14)18/h7,9,12,14-17H,3-6,8,10-11H2,1-2H3/t12?,14-,15-,16+,17?,18-,19-/m0/s1. The summed E-state index contributed by atoms with van der Waals surface area (Å²) >= 11 is 0. The Morgan fingerprint density at radius 3 is 2.50 bits per heavy atom. The van der Waals surface area contributed by atoms with Gasteiger partial charge in [0.2, 0.25) is 0 Å². The third-order valence-corrected chi connectivity index (χ3v) is 8.44. The Bertz CT molecular complexity index is 580. The molecule has 7 atom stereocenters. The molecule has 4 heteroatoms. The molecule has 0 aromatic heterocycles. The van der Waals surface area contributed by atoms with E-state index in [1.54, 1.807) is 6.08 Å². The smallest absolute Gasteiger partial charge is 0.295 e. The fourth-order valence-corrected chi connectivity index (χ4v) is 7.17. The van der Waals surface area contributed by atoms with E-state index in [4.69, 9.17) is 0 Å². The maximum Gasteiger partial charge on any atom is 0.392 e. The third-order valence-electron chi connectivity index (χ3n) is 8.44. The van der Waals surface area contributed by atoms with Crippen LogP contribution in [0.5, 0.6) is 0 Å². The molecule has 1 nitrogen and oxygen atoms in total. The summed E-state index contributed by atoms with van der Waals surface area (Å²) in [6.07, 6.45) is 5.03. The van der Waals surface area contributed by atoms with E-state index in [-0.39, 0.29) is 17.1 Å².